The van der Waals surface area contributed by atoms with Gasteiger partial charge in [0.05, 0.1) is 0 Å². The second-order valence-electron chi connectivity index (χ2n) is 3.53. The first-order valence-corrected chi connectivity index (χ1v) is 4.53. The molecule has 0 amide bonds. The van der Waals surface area contributed by atoms with Crippen molar-refractivity contribution in [3.8, 4) is 0 Å². The number of carbonyl (C=O) groups excluding carboxylic acids is 1. The number of carbonyl (C=O) groups is 4. The Labute approximate surface area is 192 Å². The van der Waals surface area contributed by atoms with Crippen LogP contribution in [-0.2, 0) is 19.2 Å². The minimum absolute atomic E-state index is 0. The van der Waals surface area contributed by atoms with Gasteiger partial charge in [0.1, 0.15) is 11.7 Å². The van der Waals surface area contributed by atoms with Gasteiger partial charge in [-0.05, 0) is 6.58 Å². The van der Waals surface area contributed by atoms with E-state index in [1.165, 1.54) is 0 Å². The van der Waals surface area contributed by atoms with Gasteiger partial charge in [0.2, 0.25) is 0 Å². The fourth-order valence-electron chi connectivity index (χ4n) is 1.42. The number of carboxylic acids is 4. The van der Waals surface area contributed by atoms with E-state index in [0.29, 0.717) is 0 Å². The zero-order valence-electron chi connectivity index (χ0n) is 9.87. The topological polar surface area (TPSA) is 187 Å². The van der Waals surface area contributed by atoms with Crippen LogP contribution in [0.1, 0.15) is 0 Å². The predicted octanol–water partition coefficient (Wildman–Crippen LogP) is -4.46. The van der Waals surface area contributed by atoms with Crippen LogP contribution in [0.5, 0.6) is 0 Å². The molecule has 0 aromatic rings. The van der Waals surface area contributed by atoms with Crippen molar-refractivity contribution < 1.29 is 44.1 Å². The Morgan fingerprint density at radius 2 is 1.05 bits per heavy atom. The zero-order valence-corrected chi connectivity index (χ0v) is 9.87. The summed E-state index contributed by atoms with van der Waals surface area (Å²) in [5.74, 6) is -6.57. The molecule has 0 unspecified atom stereocenters. The molecule has 0 aliphatic rings. The van der Waals surface area contributed by atoms with E-state index in [4.69, 9.17) is 15.3 Å². The molecule has 0 heterocycles. The first-order chi connectivity index (χ1) is 8.10. The second kappa shape index (κ2) is 15.1. The van der Waals surface area contributed by atoms with Crippen molar-refractivity contribution in [2.24, 2.45) is 0 Å². The van der Waals surface area contributed by atoms with Gasteiger partial charge in [0.25, 0.3) is 0 Å². The number of aliphatic carboxylic acids is 4. The number of hydrogen-bond acceptors (Lipinski definition) is 6. The van der Waals surface area contributed by atoms with E-state index in [-0.39, 0.29) is 94.8 Å². The molecule has 0 spiro atoms. The van der Waals surface area contributed by atoms with Crippen LogP contribution in [0.3, 0.4) is 0 Å². The molecule has 0 aliphatic heterocycles. The van der Waals surface area contributed by atoms with Gasteiger partial charge in [-0.15, -0.1) is 0 Å². The molecule has 0 fully saturated rings. The summed E-state index contributed by atoms with van der Waals surface area (Å²) in [6.07, 6.45) is 0. The molecule has 0 atom stereocenters. The SMILES string of the molecule is C=C(C(=O)[O-])[N+](CC(=O)O)(CC(=O)O)CC(=O)O.N.[NaH].[NaH].[NaH]. The standard InChI is InChI=1S/C9H11NO8.H3N.3Na.3H/c1-5(9(17)18)10(2-6(11)12,3-7(13)14)4-8(15)16;;;;;;;/h1-4H2,(H3-,11,12,13,14,15,16,17,18);1H3;;;;;;. The normalized spacial score (nSPS) is 8.73. The number of quaternary nitrogens is 1. The van der Waals surface area contributed by atoms with Gasteiger partial charge in [-0.2, -0.15) is 0 Å². The average molecular weight is 350 g/mol. The van der Waals surface area contributed by atoms with Crippen LogP contribution in [0.25, 0.3) is 0 Å². The van der Waals surface area contributed by atoms with Crippen LogP contribution in [0.15, 0.2) is 12.3 Å². The first-order valence-electron chi connectivity index (χ1n) is 4.53. The Balaban J connectivity index is -0.000000241. The van der Waals surface area contributed by atoms with E-state index in [2.05, 4.69) is 6.58 Å². The van der Waals surface area contributed by atoms with Crippen LogP contribution in [0, 0.1) is 0 Å². The molecule has 6 N–H and O–H groups in total. The van der Waals surface area contributed by atoms with E-state index in [0.717, 1.165) is 0 Å². The average Bonchev–Trinajstić information content (AvgIpc) is 2.12. The number of hydrogen-bond donors (Lipinski definition) is 4. The fraction of sp³-hybridized carbons (Fsp3) is 0.333. The van der Waals surface area contributed by atoms with Crippen molar-refractivity contribution in [2.75, 3.05) is 19.6 Å². The van der Waals surface area contributed by atoms with Crippen molar-refractivity contribution in [2.45, 2.75) is 0 Å². The molecule has 10 nitrogen and oxygen atoms in total. The van der Waals surface area contributed by atoms with Gasteiger partial charge in [-0.1, -0.05) is 0 Å². The van der Waals surface area contributed by atoms with E-state index >= 15 is 0 Å². The molecule has 0 saturated carbocycles. The Morgan fingerprint density at radius 3 is 1.18 bits per heavy atom. The predicted molar refractivity (Wildman–Crippen MR) is 78.4 cm³/mol. The maximum absolute atomic E-state index is 10.7. The second-order valence-corrected chi connectivity index (χ2v) is 3.53. The monoisotopic (exact) mass is 350 g/mol. The molecule has 0 bridgehead atoms. The minimum atomic E-state index is -1.90. The summed E-state index contributed by atoms with van der Waals surface area (Å²) in [5, 5.41) is 36.6. The molecule has 13 heteroatoms. The molecule has 0 radical (unpaired) electrons. The molecule has 0 aliphatic carbocycles. The van der Waals surface area contributed by atoms with Crippen LogP contribution in [0.4, 0.5) is 0 Å². The number of rotatable bonds is 8. The summed E-state index contributed by atoms with van der Waals surface area (Å²) in [6, 6.07) is 0. The third-order valence-electron chi connectivity index (χ3n) is 2.12. The van der Waals surface area contributed by atoms with Gasteiger partial charge in [-0.25, -0.2) is 14.4 Å². The van der Waals surface area contributed by atoms with Gasteiger partial charge < -0.3 is 31.4 Å². The first kappa shape index (κ1) is 34.0. The van der Waals surface area contributed by atoms with E-state index in [1.807, 2.05) is 0 Å². The number of nitrogens with zero attached hydrogens (tertiary/aromatic N) is 1. The fourth-order valence-corrected chi connectivity index (χ4v) is 1.42. The summed E-state index contributed by atoms with van der Waals surface area (Å²) in [7, 11) is 0. The van der Waals surface area contributed by atoms with Crippen molar-refractivity contribution in [1.82, 2.24) is 6.15 Å². The van der Waals surface area contributed by atoms with Crippen molar-refractivity contribution in [3.63, 3.8) is 0 Å². The summed E-state index contributed by atoms with van der Waals surface area (Å²) < 4.78 is -1.34. The molecule has 0 aromatic carbocycles. The van der Waals surface area contributed by atoms with Crippen molar-refractivity contribution in [1.29, 1.82) is 0 Å². The molecular weight excluding hydrogens is 333 g/mol. The molecular formula is C9H17N2Na3O8. The summed E-state index contributed by atoms with van der Waals surface area (Å²) >= 11 is 0. The van der Waals surface area contributed by atoms with E-state index < -0.39 is 53.7 Å². The van der Waals surface area contributed by atoms with Gasteiger partial charge in [-0.3, -0.25) is 4.48 Å². The Kier molecular flexibility index (Phi) is 23.3. The van der Waals surface area contributed by atoms with Gasteiger partial charge in [0, 0.05) is 0 Å². The van der Waals surface area contributed by atoms with Gasteiger partial charge >= 0.3 is 107 Å². The molecule has 0 rings (SSSR count). The maximum atomic E-state index is 10.7. The van der Waals surface area contributed by atoms with E-state index in [1.54, 1.807) is 0 Å². The van der Waals surface area contributed by atoms with Crippen LogP contribution >= 0.6 is 0 Å². The van der Waals surface area contributed by atoms with Crippen LogP contribution < -0.4 is 11.3 Å². The molecule has 114 valence electrons. The summed E-state index contributed by atoms with van der Waals surface area (Å²) in [4.78, 5) is 42.6. The molecule has 0 aromatic heterocycles. The Bertz CT molecular complexity index is 388. The third-order valence-corrected chi connectivity index (χ3v) is 2.12. The quantitative estimate of drug-likeness (QED) is 0.190. The van der Waals surface area contributed by atoms with Gasteiger partial charge in [0.15, 0.2) is 19.6 Å². The Hall–Kier alpha value is 0.540. The Morgan fingerprint density at radius 1 is 0.818 bits per heavy atom. The summed E-state index contributed by atoms with van der Waals surface area (Å²) in [5.41, 5.74) is -0.915. The summed E-state index contributed by atoms with van der Waals surface area (Å²) in [6.45, 7) is -0.103. The van der Waals surface area contributed by atoms with Crippen LogP contribution in [0.2, 0.25) is 0 Å². The molecule has 0 saturated heterocycles. The van der Waals surface area contributed by atoms with Crippen molar-refractivity contribution in [3.05, 3.63) is 12.3 Å². The zero-order chi connectivity index (χ0) is 14.5. The van der Waals surface area contributed by atoms with Crippen molar-refractivity contribution >= 4 is 113 Å². The third kappa shape index (κ3) is 12.0. The van der Waals surface area contributed by atoms with E-state index in [9.17, 15) is 24.3 Å². The van der Waals surface area contributed by atoms with Crippen LogP contribution in [-0.4, -0.2) is 152 Å². The number of carboxylic acid groups (broad SMARTS) is 4. The molecule has 22 heavy (non-hydrogen) atoms.